The van der Waals surface area contributed by atoms with E-state index in [-0.39, 0.29) is 33.0 Å². The summed E-state index contributed by atoms with van der Waals surface area (Å²) >= 11 is 13.5. The van der Waals surface area contributed by atoms with Crippen LogP contribution in [0.15, 0.2) is 34.5 Å². The van der Waals surface area contributed by atoms with E-state index in [2.05, 4.69) is 10.0 Å². The Bertz CT molecular complexity index is 976. The minimum atomic E-state index is -3.95. The molecule has 0 saturated carbocycles. The van der Waals surface area contributed by atoms with Gasteiger partial charge in [0.2, 0.25) is 10.0 Å². The lowest BCUT2D eigenvalue weighted by Gasteiger charge is -2.13. The Hall–Kier alpha value is -1.65. The zero-order valence-corrected chi connectivity index (χ0v) is 18.8. The van der Waals surface area contributed by atoms with Gasteiger partial charge in [0.15, 0.2) is 6.61 Å². The van der Waals surface area contributed by atoms with Gasteiger partial charge < -0.3 is 10.1 Å². The summed E-state index contributed by atoms with van der Waals surface area (Å²) in [6.45, 7) is 3.68. The summed E-state index contributed by atoms with van der Waals surface area (Å²) in [4.78, 5) is 24.8. The molecule has 2 N–H and O–H groups in total. The third-order valence-corrected chi connectivity index (χ3v) is 6.66. The van der Waals surface area contributed by atoms with Crippen molar-refractivity contribution in [3.05, 3.63) is 50.1 Å². The molecule has 11 heteroatoms. The highest BCUT2D eigenvalue weighted by Crippen LogP contribution is 2.29. The summed E-state index contributed by atoms with van der Waals surface area (Å²) in [7, 11) is -3.95. The fourth-order valence-electron chi connectivity index (χ4n) is 2.10. The third kappa shape index (κ3) is 6.97. The fraction of sp³-hybridized carbons (Fsp3) is 0.333. The summed E-state index contributed by atoms with van der Waals surface area (Å²) in [5.74, 6) is -1.35. The standard InChI is InChI=1S/C18H20Cl2N2O5S2/c1-11(2)8-22-29(25,26)16-6-13(14(19)7-15(16)20)18(24)27-10-17(23)21-9-12-4-3-5-28-12/h3-7,11,22H,8-10H2,1-2H3,(H,21,23). The number of esters is 1. The van der Waals surface area contributed by atoms with Gasteiger partial charge in [-0.1, -0.05) is 43.1 Å². The van der Waals surface area contributed by atoms with Crippen LogP contribution < -0.4 is 10.0 Å². The molecule has 0 bridgehead atoms. The highest BCUT2D eigenvalue weighted by molar-refractivity contribution is 7.89. The molecular weight excluding hydrogens is 459 g/mol. The monoisotopic (exact) mass is 478 g/mol. The van der Waals surface area contributed by atoms with Crippen molar-refractivity contribution in [2.24, 2.45) is 5.92 Å². The van der Waals surface area contributed by atoms with Gasteiger partial charge >= 0.3 is 5.97 Å². The summed E-state index contributed by atoms with van der Waals surface area (Å²) in [5.41, 5.74) is -0.202. The van der Waals surface area contributed by atoms with Crippen molar-refractivity contribution in [1.29, 1.82) is 0 Å². The predicted molar refractivity (Wildman–Crippen MR) is 113 cm³/mol. The lowest BCUT2D eigenvalue weighted by molar-refractivity contribution is -0.124. The maximum absolute atomic E-state index is 12.5. The number of amides is 1. The second kappa shape index (κ2) is 10.4. The highest BCUT2D eigenvalue weighted by atomic mass is 35.5. The van der Waals surface area contributed by atoms with Gasteiger partial charge in [0.25, 0.3) is 5.91 Å². The molecule has 1 aromatic heterocycles. The Morgan fingerprint density at radius 1 is 1.21 bits per heavy atom. The predicted octanol–water partition coefficient (Wildman–Crippen LogP) is 3.46. The van der Waals surface area contributed by atoms with Gasteiger partial charge in [-0.3, -0.25) is 4.79 Å². The molecule has 1 aromatic carbocycles. The maximum Gasteiger partial charge on any atom is 0.340 e. The molecule has 0 aliphatic carbocycles. The van der Waals surface area contributed by atoms with Crippen molar-refractivity contribution in [2.45, 2.75) is 25.3 Å². The number of halogens is 2. The molecule has 7 nitrogen and oxygen atoms in total. The lowest BCUT2D eigenvalue weighted by atomic mass is 10.2. The van der Waals surface area contributed by atoms with E-state index >= 15 is 0 Å². The molecule has 0 saturated heterocycles. The first kappa shape index (κ1) is 23.6. The van der Waals surface area contributed by atoms with Crippen LogP contribution in [0.4, 0.5) is 0 Å². The molecule has 0 fully saturated rings. The van der Waals surface area contributed by atoms with E-state index < -0.39 is 28.5 Å². The Labute approximate surface area is 183 Å². The Morgan fingerprint density at radius 2 is 1.93 bits per heavy atom. The van der Waals surface area contributed by atoms with E-state index in [0.29, 0.717) is 6.54 Å². The number of hydrogen-bond acceptors (Lipinski definition) is 6. The van der Waals surface area contributed by atoms with Crippen molar-refractivity contribution >= 4 is 56.4 Å². The van der Waals surface area contributed by atoms with Gasteiger partial charge in [-0.25, -0.2) is 17.9 Å². The molecule has 2 rings (SSSR count). The molecule has 0 unspecified atom stereocenters. The second-order valence-electron chi connectivity index (χ2n) is 6.44. The number of sulfonamides is 1. The van der Waals surface area contributed by atoms with E-state index in [1.807, 2.05) is 31.4 Å². The van der Waals surface area contributed by atoms with Crippen molar-refractivity contribution in [3.8, 4) is 0 Å². The Morgan fingerprint density at radius 3 is 2.55 bits per heavy atom. The quantitative estimate of drug-likeness (QED) is 0.537. The maximum atomic E-state index is 12.5. The Kier molecular flexibility index (Phi) is 8.47. The number of carbonyl (C=O) groups excluding carboxylic acids is 2. The first-order chi connectivity index (χ1) is 13.6. The summed E-state index contributed by atoms with van der Waals surface area (Å²) in [5, 5.41) is 4.28. The summed E-state index contributed by atoms with van der Waals surface area (Å²) < 4.78 is 32.3. The van der Waals surface area contributed by atoms with Crippen LogP contribution in [0.2, 0.25) is 10.0 Å². The molecule has 0 atom stereocenters. The zero-order chi connectivity index (χ0) is 21.6. The van der Waals surface area contributed by atoms with Crippen LogP contribution in [0.25, 0.3) is 0 Å². The molecule has 0 radical (unpaired) electrons. The number of hydrogen-bond donors (Lipinski definition) is 2. The smallest absolute Gasteiger partial charge is 0.340 e. The van der Waals surface area contributed by atoms with Gasteiger partial charge in [0.05, 0.1) is 22.2 Å². The first-order valence-corrected chi connectivity index (χ1v) is 11.7. The highest BCUT2D eigenvalue weighted by Gasteiger charge is 2.23. The topological polar surface area (TPSA) is 102 Å². The number of thiophene rings is 1. The van der Waals surface area contributed by atoms with E-state index in [1.54, 1.807) is 0 Å². The van der Waals surface area contributed by atoms with Crippen LogP contribution in [-0.2, 0) is 26.1 Å². The van der Waals surface area contributed by atoms with Gasteiger partial charge in [-0.05, 0) is 29.5 Å². The van der Waals surface area contributed by atoms with E-state index in [1.165, 1.54) is 11.3 Å². The average molecular weight is 479 g/mol. The molecule has 29 heavy (non-hydrogen) atoms. The van der Waals surface area contributed by atoms with E-state index in [4.69, 9.17) is 27.9 Å². The number of benzene rings is 1. The van der Waals surface area contributed by atoms with Crippen molar-refractivity contribution in [1.82, 2.24) is 10.0 Å². The molecular formula is C18H20Cl2N2O5S2. The van der Waals surface area contributed by atoms with Gasteiger partial charge in [-0.2, -0.15) is 0 Å². The first-order valence-electron chi connectivity index (χ1n) is 8.55. The molecule has 0 aliphatic heterocycles. The summed E-state index contributed by atoms with van der Waals surface area (Å²) in [6.07, 6.45) is 0. The van der Waals surface area contributed by atoms with Gasteiger partial charge in [0, 0.05) is 11.4 Å². The molecule has 1 amide bonds. The van der Waals surface area contributed by atoms with E-state index in [9.17, 15) is 18.0 Å². The zero-order valence-electron chi connectivity index (χ0n) is 15.7. The lowest BCUT2D eigenvalue weighted by Crippen LogP contribution is -2.29. The van der Waals surface area contributed by atoms with Crippen LogP contribution in [0.5, 0.6) is 0 Å². The van der Waals surface area contributed by atoms with E-state index in [0.717, 1.165) is 17.0 Å². The summed E-state index contributed by atoms with van der Waals surface area (Å²) in [6, 6.07) is 5.91. The van der Waals surface area contributed by atoms with Crippen molar-refractivity contribution < 1.29 is 22.7 Å². The van der Waals surface area contributed by atoms with Crippen LogP contribution >= 0.6 is 34.5 Å². The number of rotatable bonds is 9. The fourth-order valence-corrected chi connectivity index (χ4v) is 4.81. The molecule has 2 aromatic rings. The Balaban J connectivity index is 2.06. The molecule has 0 aliphatic rings. The minimum absolute atomic E-state index is 0.0768. The average Bonchev–Trinajstić information content (AvgIpc) is 3.16. The van der Waals surface area contributed by atoms with Crippen LogP contribution in [0.3, 0.4) is 0 Å². The van der Waals surface area contributed by atoms with Crippen molar-refractivity contribution in [3.63, 3.8) is 0 Å². The van der Waals surface area contributed by atoms with Gasteiger partial charge in [-0.15, -0.1) is 11.3 Å². The van der Waals surface area contributed by atoms with Crippen LogP contribution in [0.1, 0.15) is 29.1 Å². The van der Waals surface area contributed by atoms with Gasteiger partial charge in [0.1, 0.15) is 4.90 Å². The molecule has 158 valence electrons. The largest absolute Gasteiger partial charge is 0.452 e. The third-order valence-electron chi connectivity index (χ3n) is 3.59. The normalized spacial score (nSPS) is 11.5. The number of carbonyl (C=O) groups is 2. The molecule has 0 spiro atoms. The van der Waals surface area contributed by atoms with Crippen LogP contribution in [0, 0.1) is 5.92 Å². The minimum Gasteiger partial charge on any atom is -0.452 e. The van der Waals surface area contributed by atoms with Crippen molar-refractivity contribution in [2.75, 3.05) is 13.2 Å². The second-order valence-corrected chi connectivity index (χ2v) is 10.0. The SMILES string of the molecule is CC(C)CNS(=O)(=O)c1cc(C(=O)OCC(=O)NCc2cccs2)c(Cl)cc1Cl. The number of ether oxygens (including phenoxy) is 1. The molecule has 1 heterocycles. The van der Waals surface area contributed by atoms with Crippen LogP contribution in [-0.4, -0.2) is 33.4 Å². The number of nitrogens with one attached hydrogen (secondary N) is 2.